The Morgan fingerprint density at radius 2 is 2.28 bits per heavy atom. The molecule has 0 amide bonds. The van der Waals surface area contributed by atoms with E-state index in [9.17, 15) is 9.90 Å². The Morgan fingerprint density at radius 1 is 1.50 bits per heavy atom. The summed E-state index contributed by atoms with van der Waals surface area (Å²) in [5.74, 6) is -0.493. The quantitative estimate of drug-likeness (QED) is 0.765. The number of hydrogen-bond acceptors (Lipinski definition) is 2. The number of anilines is 1. The summed E-state index contributed by atoms with van der Waals surface area (Å²) in [5.41, 5.74) is 2.98. The predicted octanol–water partition coefficient (Wildman–Crippen LogP) is 3.19. The van der Waals surface area contributed by atoms with Crippen LogP contribution in [-0.4, -0.2) is 17.1 Å². The van der Waals surface area contributed by atoms with E-state index in [1.54, 1.807) is 0 Å². The van der Waals surface area contributed by atoms with Gasteiger partial charge in [-0.25, -0.2) is 4.79 Å². The van der Waals surface area contributed by atoms with Crippen LogP contribution in [0.15, 0.2) is 24.3 Å². The maximum absolute atomic E-state index is 11.4. The zero-order valence-electron chi connectivity index (χ0n) is 9.98. The summed E-state index contributed by atoms with van der Waals surface area (Å²) in [4.78, 5) is 11.4. The second kappa shape index (κ2) is 4.02. The van der Waals surface area contributed by atoms with Gasteiger partial charge in [-0.3, -0.25) is 0 Å². The molecule has 0 aromatic heterocycles. The number of aliphatic carboxylic acids is 1. The third kappa shape index (κ3) is 1.54. The lowest BCUT2D eigenvalue weighted by molar-refractivity contribution is -0.139. The molecule has 0 saturated heterocycles. The Morgan fingerprint density at radius 3 is 3.00 bits per heavy atom. The molecule has 0 radical (unpaired) electrons. The normalized spacial score (nSPS) is 28.4. The lowest BCUT2D eigenvalue weighted by atomic mass is 9.78. The second-order valence-corrected chi connectivity index (χ2v) is 5.36. The smallest absolute Gasteiger partial charge is 0.326 e. The molecule has 3 atom stereocenters. The summed E-state index contributed by atoms with van der Waals surface area (Å²) in [6.07, 6.45) is 5.01. The number of hydrogen-bond donors (Lipinski definition) is 2. The number of carboxylic acid groups (broad SMARTS) is 1. The number of rotatable bonds is 1. The van der Waals surface area contributed by atoms with E-state index in [1.165, 1.54) is 0 Å². The average molecular weight is 264 g/mol. The van der Waals surface area contributed by atoms with Gasteiger partial charge in [-0.2, -0.15) is 0 Å². The summed E-state index contributed by atoms with van der Waals surface area (Å²) in [6, 6.07) is 3.36. The zero-order valence-corrected chi connectivity index (χ0v) is 10.7. The van der Waals surface area contributed by atoms with Crippen LogP contribution in [0.5, 0.6) is 0 Å². The van der Waals surface area contributed by atoms with Crippen molar-refractivity contribution in [3.05, 3.63) is 40.4 Å². The lowest BCUT2D eigenvalue weighted by Crippen LogP contribution is -2.42. The molecule has 2 aliphatic rings. The number of fused-ring (bicyclic) bond motifs is 3. The molecule has 0 bridgehead atoms. The monoisotopic (exact) mass is 263 g/mol. The molecule has 1 heterocycles. The van der Waals surface area contributed by atoms with Crippen molar-refractivity contribution in [2.45, 2.75) is 25.3 Å². The van der Waals surface area contributed by atoms with Gasteiger partial charge in [0.05, 0.1) is 0 Å². The van der Waals surface area contributed by atoms with Crippen molar-refractivity contribution in [1.29, 1.82) is 0 Å². The minimum absolute atomic E-state index is 0.107. The van der Waals surface area contributed by atoms with Crippen LogP contribution in [0.3, 0.4) is 0 Å². The van der Waals surface area contributed by atoms with Crippen LogP contribution in [0.1, 0.15) is 23.5 Å². The van der Waals surface area contributed by atoms with Gasteiger partial charge in [-0.05, 0) is 30.5 Å². The molecule has 0 saturated carbocycles. The molecule has 18 heavy (non-hydrogen) atoms. The molecule has 0 spiro atoms. The van der Waals surface area contributed by atoms with Crippen LogP contribution in [0.25, 0.3) is 0 Å². The predicted molar refractivity (Wildman–Crippen MR) is 71.2 cm³/mol. The summed E-state index contributed by atoms with van der Waals surface area (Å²) < 4.78 is 0. The Hall–Kier alpha value is -1.48. The Labute approximate surface area is 110 Å². The average Bonchev–Trinajstić information content (AvgIpc) is 2.81. The molecular formula is C14H14ClNO2. The first-order chi connectivity index (χ1) is 8.59. The molecule has 1 aliphatic heterocycles. The molecule has 3 rings (SSSR count). The van der Waals surface area contributed by atoms with Crippen molar-refractivity contribution >= 4 is 23.3 Å². The number of carboxylic acids is 1. The maximum atomic E-state index is 11.4. The van der Waals surface area contributed by atoms with Crippen LogP contribution < -0.4 is 5.32 Å². The Bertz CT molecular complexity index is 553. The van der Waals surface area contributed by atoms with Gasteiger partial charge in [0.15, 0.2) is 0 Å². The number of benzene rings is 1. The maximum Gasteiger partial charge on any atom is 0.326 e. The highest BCUT2D eigenvalue weighted by molar-refractivity contribution is 6.31. The highest BCUT2D eigenvalue weighted by atomic mass is 35.5. The zero-order chi connectivity index (χ0) is 12.9. The summed E-state index contributed by atoms with van der Waals surface area (Å²) in [6.45, 7) is 1.92. The lowest BCUT2D eigenvalue weighted by Gasteiger charge is -2.35. The summed E-state index contributed by atoms with van der Waals surface area (Å²) >= 11 is 6.11. The highest BCUT2D eigenvalue weighted by Crippen LogP contribution is 2.46. The number of nitrogens with one attached hydrogen (secondary N) is 1. The van der Waals surface area contributed by atoms with E-state index < -0.39 is 12.0 Å². The van der Waals surface area contributed by atoms with Crippen molar-refractivity contribution in [2.24, 2.45) is 5.92 Å². The molecule has 0 fully saturated rings. The summed E-state index contributed by atoms with van der Waals surface area (Å²) in [5, 5.41) is 13.2. The van der Waals surface area contributed by atoms with Crippen molar-refractivity contribution < 1.29 is 9.90 Å². The Kier molecular flexibility index (Phi) is 2.59. The van der Waals surface area contributed by atoms with Crippen molar-refractivity contribution in [1.82, 2.24) is 0 Å². The van der Waals surface area contributed by atoms with Crippen LogP contribution >= 0.6 is 11.6 Å². The fourth-order valence-corrected chi connectivity index (χ4v) is 3.19. The van der Waals surface area contributed by atoms with E-state index >= 15 is 0 Å². The fraction of sp³-hybridized carbons (Fsp3) is 0.357. The van der Waals surface area contributed by atoms with Gasteiger partial charge in [0.1, 0.15) is 6.04 Å². The molecule has 0 unspecified atom stereocenters. The van der Waals surface area contributed by atoms with Gasteiger partial charge in [0.25, 0.3) is 0 Å². The third-order valence-corrected chi connectivity index (χ3v) is 4.41. The van der Waals surface area contributed by atoms with Gasteiger partial charge in [-0.1, -0.05) is 29.8 Å². The van der Waals surface area contributed by atoms with Crippen molar-refractivity contribution in [2.75, 3.05) is 5.32 Å². The standard InChI is InChI=1S/C14H14ClNO2/c1-7-11(15)6-5-10-8-3-2-4-9(8)13(14(17)18)16-12(7)10/h2-3,5-6,8-9,13,16H,4H2,1H3,(H,17,18)/t8-,9-,13-/m1/s1. The molecule has 1 aromatic rings. The fourth-order valence-electron chi connectivity index (χ4n) is 3.03. The van der Waals surface area contributed by atoms with Crippen LogP contribution in [0.4, 0.5) is 5.69 Å². The summed E-state index contributed by atoms with van der Waals surface area (Å²) in [7, 11) is 0. The largest absolute Gasteiger partial charge is 0.480 e. The van der Waals surface area contributed by atoms with Crippen LogP contribution in [-0.2, 0) is 4.79 Å². The van der Waals surface area contributed by atoms with E-state index in [1.807, 2.05) is 19.1 Å². The van der Waals surface area contributed by atoms with E-state index in [0.29, 0.717) is 5.02 Å². The van der Waals surface area contributed by atoms with Crippen LogP contribution in [0.2, 0.25) is 5.02 Å². The molecule has 94 valence electrons. The Balaban J connectivity index is 2.14. The van der Waals surface area contributed by atoms with E-state index in [2.05, 4.69) is 17.5 Å². The number of carbonyl (C=O) groups is 1. The topological polar surface area (TPSA) is 49.3 Å². The van der Waals surface area contributed by atoms with Crippen molar-refractivity contribution in [3.8, 4) is 0 Å². The van der Waals surface area contributed by atoms with Gasteiger partial charge < -0.3 is 10.4 Å². The third-order valence-electron chi connectivity index (χ3n) is 4.00. The highest BCUT2D eigenvalue weighted by Gasteiger charge is 2.41. The van der Waals surface area contributed by atoms with Crippen LogP contribution in [0, 0.1) is 12.8 Å². The minimum atomic E-state index is -0.793. The molecule has 3 nitrogen and oxygen atoms in total. The van der Waals surface area contributed by atoms with E-state index in [0.717, 1.165) is 23.2 Å². The van der Waals surface area contributed by atoms with Gasteiger partial charge in [0.2, 0.25) is 0 Å². The second-order valence-electron chi connectivity index (χ2n) is 4.95. The van der Waals surface area contributed by atoms with Gasteiger partial charge in [0, 0.05) is 22.5 Å². The first-order valence-corrected chi connectivity index (χ1v) is 6.42. The first kappa shape index (κ1) is 11.6. The number of halogens is 1. The number of allylic oxidation sites excluding steroid dienone is 2. The van der Waals surface area contributed by atoms with Gasteiger partial charge in [-0.15, -0.1) is 0 Å². The molecule has 4 heteroatoms. The molecular weight excluding hydrogens is 250 g/mol. The van der Waals surface area contributed by atoms with Crippen molar-refractivity contribution in [3.63, 3.8) is 0 Å². The van der Waals surface area contributed by atoms with E-state index in [-0.39, 0.29) is 11.8 Å². The SMILES string of the molecule is Cc1c(Cl)ccc2c1N[C@@H](C(=O)O)[C@@H]1CC=C[C@@H]21. The molecule has 1 aromatic carbocycles. The molecule has 1 aliphatic carbocycles. The minimum Gasteiger partial charge on any atom is -0.480 e. The molecule has 2 N–H and O–H groups in total. The van der Waals surface area contributed by atoms with E-state index in [4.69, 9.17) is 11.6 Å². The first-order valence-electron chi connectivity index (χ1n) is 6.04. The van der Waals surface area contributed by atoms with Gasteiger partial charge >= 0.3 is 5.97 Å².